The van der Waals surface area contributed by atoms with Crippen LogP contribution >= 0.6 is 18.9 Å². The molecule has 0 bridgehead atoms. The SMILES string of the molecule is C=CC(=O)Nc1cccc(Oc2nc(Nc3ccc(P(=O)(O)O)cc3)nc3ccsc23)c1. The summed E-state index contributed by atoms with van der Waals surface area (Å²) in [4.78, 5) is 38.9. The second-order valence-corrected chi connectivity index (χ2v) is 9.05. The predicted octanol–water partition coefficient (Wildman–Crippen LogP) is 4.15. The van der Waals surface area contributed by atoms with Crippen molar-refractivity contribution in [3.05, 3.63) is 72.6 Å². The molecule has 1 amide bonds. The van der Waals surface area contributed by atoms with Crippen molar-refractivity contribution in [3.63, 3.8) is 0 Å². The van der Waals surface area contributed by atoms with Crippen LogP contribution in [-0.2, 0) is 9.36 Å². The summed E-state index contributed by atoms with van der Waals surface area (Å²) in [6, 6.07) is 14.4. The third-order valence-corrected chi connectivity index (χ3v) is 6.10. The van der Waals surface area contributed by atoms with Gasteiger partial charge in [0, 0.05) is 17.4 Å². The van der Waals surface area contributed by atoms with Crippen LogP contribution in [0.15, 0.2) is 72.6 Å². The van der Waals surface area contributed by atoms with Gasteiger partial charge in [0.2, 0.25) is 17.7 Å². The number of hydrogen-bond donors (Lipinski definition) is 4. The van der Waals surface area contributed by atoms with Gasteiger partial charge in [-0.3, -0.25) is 9.36 Å². The Morgan fingerprint density at radius 3 is 2.59 bits per heavy atom. The van der Waals surface area contributed by atoms with Gasteiger partial charge in [-0.25, -0.2) is 4.98 Å². The number of nitrogens with zero attached hydrogens (tertiary/aromatic N) is 2. The van der Waals surface area contributed by atoms with Gasteiger partial charge in [0.25, 0.3) is 0 Å². The average molecular weight is 468 g/mol. The number of anilines is 3. The zero-order valence-corrected chi connectivity index (χ0v) is 18.1. The van der Waals surface area contributed by atoms with Gasteiger partial charge in [-0.05, 0) is 53.9 Å². The molecular weight excluding hydrogens is 451 g/mol. The Hall–Kier alpha value is -3.56. The van der Waals surface area contributed by atoms with Crippen LogP contribution in [0.5, 0.6) is 11.6 Å². The lowest BCUT2D eigenvalue weighted by Gasteiger charge is -2.11. The summed E-state index contributed by atoms with van der Waals surface area (Å²) in [6.45, 7) is 3.43. The highest BCUT2D eigenvalue weighted by Gasteiger charge is 2.17. The maximum Gasteiger partial charge on any atom is 0.356 e. The van der Waals surface area contributed by atoms with Crippen LogP contribution in [0.1, 0.15) is 0 Å². The summed E-state index contributed by atoms with van der Waals surface area (Å²) in [5.74, 6) is 0.718. The Kier molecular flexibility index (Phi) is 6.02. The van der Waals surface area contributed by atoms with Crippen LogP contribution in [-0.4, -0.2) is 25.7 Å². The van der Waals surface area contributed by atoms with Crippen LogP contribution in [0.4, 0.5) is 17.3 Å². The second-order valence-electron chi connectivity index (χ2n) is 6.53. The fraction of sp³-hybridized carbons (Fsp3) is 0. The number of amides is 1. The van der Waals surface area contributed by atoms with Gasteiger partial charge in [0.15, 0.2) is 0 Å². The molecule has 2 heterocycles. The largest absolute Gasteiger partial charge is 0.437 e. The first-order chi connectivity index (χ1) is 15.3. The van der Waals surface area contributed by atoms with E-state index < -0.39 is 7.60 Å². The number of ether oxygens (including phenoxy) is 1. The van der Waals surface area contributed by atoms with E-state index in [1.165, 1.54) is 41.7 Å². The minimum absolute atomic E-state index is 0.0790. The Morgan fingerprint density at radius 1 is 1.09 bits per heavy atom. The topological polar surface area (TPSA) is 134 Å². The van der Waals surface area contributed by atoms with E-state index in [0.29, 0.717) is 28.5 Å². The normalized spacial score (nSPS) is 11.2. The third kappa shape index (κ3) is 5.01. The van der Waals surface area contributed by atoms with Crippen LogP contribution in [0, 0.1) is 0 Å². The van der Waals surface area contributed by atoms with Gasteiger partial charge in [-0.1, -0.05) is 12.6 Å². The summed E-state index contributed by atoms with van der Waals surface area (Å²) < 4.78 is 18.1. The molecule has 0 radical (unpaired) electrons. The van der Waals surface area contributed by atoms with Crippen molar-refractivity contribution < 1.29 is 23.9 Å². The van der Waals surface area contributed by atoms with Crippen molar-refractivity contribution in [2.75, 3.05) is 10.6 Å². The average Bonchev–Trinajstić information content (AvgIpc) is 3.23. The first-order valence-corrected chi connectivity index (χ1v) is 11.7. The first kappa shape index (κ1) is 21.7. The molecule has 0 aliphatic carbocycles. The highest BCUT2D eigenvalue weighted by molar-refractivity contribution is 7.60. The Bertz CT molecular complexity index is 1350. The molecule has 162 valence electrons. The lowest BCUT2D eigenvalue weighted by molar-refractivity contribution is -0.111. The number of aromatic nitrogens is 2. The molecule has 4 rings (SSSR count). The van der Waals surface area contributed by atoms with Gasteiger partial charge in [0.05, 0.1) is 10.8 Å². The van der Waals surface area contributed by atoms with E-state index in [-0.39, 0.29) is 17.2 Å². The van der Waals surface area contributed by atoms with Crippen molar-refractivity contribution >= 4 is 57.7 Å². The summed E-state index contributed by atoms with van der Waals surface area (Å²) in [7, 11) is -4.32. The molecule has 0 atom stereocenters. The molecule has 9 nitrogen and oxygen atoms in total. The van der Waals surface area contributed by atoms with E-state index >= 15 is 0 Å². The number of carbonyl (C=O) groups excluding carboxylic acids is 1. The highest BCUT2D eigenvalue weighted by atomic mass is 32.1. The Morgan fingerprint density at radius 2 is 1.88 bits per heavy atom. The Labute approximate surface area is 186 Å². The monoisotopic (exact) mass is 468 g/mol. The quantitative estimate of drug-likeness (QED) is 0.235. The summed E-state index contributed by atoms with van der Waals surface area (Å²) in [6.07, 6.45) is 1.18. The number of carbonyl (C=O) groups is 1. The zero-order chi connectivity index (χ0) is 22.7. The minimum Gasteiger partial charge on any atom is -0.437 e. The number of rotatable bonds is 7. The van der Waals surface area contributed by atoms with Crippen LogP contribution in [0.3, 0.4) is 0 Å². The molecule has 0 saturated carbocycles. The Balaban J connectivity index is 1.61. The summed E-state index contributed by atoms with van der Waals surface area (Å²) >= 11 is 1.42. The molecule has 0 spiro atoms. The molecule has 0 saturated heterocycles. The van der Waals surface area contributed by atoms with E-state index in [2.05, 4.69) is 27.2 Å². The van der Waals surface area contributed by atoms with Crippen molar-refractivity contribution in [3.8, 4) is 11.6 Å². The molecule has 32 heavy (non-hydrogen) atoms. The first-order valence-electron chi connectivity index (χ1n) is 9.21. The van der Waals surface area contributed by atoms with Gasteiger partial charge >= 0.3 is 7.60 Å². The van der Waals surface area contributed by atoms with E-state index in [0.717, 1.165) is 4.70 Å². The molecule has 4 aromatic rings. The smallest absolute Gasteiger partial charge is 0.356 e. The van der Waals surface area contributed by atoms with Crippen LogP contribution in [0.25, 0.3) is 10.2 Å². The van der Waals surface area contributed by atoms with Gasteiger partial charge < -0.3 is 25.2 Å². The number of benzene rings is 2. The molecule has 2 aromatic heterocycles. The van der Waals surface area contributed by atoms with E-state index in [1.807, 2.05) is 11.4 Å². The van der Waals surface area contributed by atoms with Gasteiger partial charge in [0.1, 0.15) is 10.4 Å². The predicted molar refractivity (Wildman–Crippen MR) is 124 cm³/mol. The fourth-order valence-corrected chi connectivity index (χ4v) is 4.07. The van der Waals surface area contributed by atoms with Crippen molar-refractivity contribution in [2.24, 2.45) is 0 Å². The van der Waals surface area contributed by atoms with E-state index in [1.54, 1.807) is 24.3 Å². The maximum absolute atomic E-state index is 11.5. The summed E-state index contributed by atoms with van der Waals surface area (Å²) in [5, 5.41) is 7.48. The molecule has 0 aliphatic heterocycles. The van der Waals surface area contributed by atoms with Crippen molar-refractivity contribution in [1.29, 1.82) is 0 Å². The molecule has 11 heteroatoms. The lowest BCUT2D eigenvalue weighted by Crippen LogP contribution is -2.07. The standard InChI is InChI=1S/C21H17N4O5PS/c1-2-18(26)22-14-4-3-5-15(12-14)30-20-19-17(10-11-32-19)24-21(25-20)23-13-6-8-16(9-7-13)31(27,28)29/h2-12H,1H2,(H,22,26)(H,23,24,25)(H2,27,28,29). The van der Waals surface area contributed by atoms with E-state index in [4.69, 9.17) is 4.74 Å². The number of thiophene rings is 1. The fourth-order valence-electron chi connectivity index (χ4n) is 2.77. The summed E-state index contributed by atoms with van der Waals surface area (Å²) in [5.41, 5.74) is 1.77. The maximum atomic E-state index is 11.5. The minimum atomic E-state index is -4.32. The molecule has 0 unspecified atom stereocenters. The van der Waals surface area contributed by atoms with Crippen LogP contribution < -0.4 is 20.7 Å². The molecular formula is C21H17N4O5PS. The van der Waals surface area contributed by atoms with Crippen molar-refractivity contribution in [1.82, 2.24) is 9.97 Å². The molecule has 4 N–H and O–H groups in total. The number of nitrogens with one attached hydrogen (secondary N) is 2. The van der Waals surface area contributed by atoms with Crippen LogP contribution in [0.2, 0.25) is 0 Å². The molecule has 2 aromatic carbocycles. The highest BCUT2D eigenvalue weighted by Crippen LogP contribution is 2.35. The molecule has 0 aliphatic rings. The zero-order valence-electron chi connectivity index (χ0n) is 16.4. The van der Waals surface area contributed by atoms with E-state index in [9.17, 15) is 19.1 Å². The lowest BCUT2D eigenvalue weighted by atomic mass is 10.3. The second kappa shape index (κ2) is 8.89. The third-order valence-electron chi connectivity index (χ3n) is 4.23. The van der Waals surface area contributed by atoms with Crippen molar-refractivity contribution in [2.45, 2.75) is 0 Å². The van der Waals surface area contributed by atoms with Gasteiger partial charge in [-0.2, -0.15) is 4.98 Å². The number of hydrogen-bond acceptors (Lipinski definition) is 7. The number of fused-ring (bicyclic) bond motifs is 1. The molecule has 0 fully saturated rings. The van der Waals surface area contributed by atoms with Gasteiger partial charge in [-0.15, -0.1) is 11.3 Å².